The minimum Gasteiger partial charge on any atom is -0.493 e. The van der Waals surface area contributed by atoms with Crippen molar-refractivity contribution in [3.63, 3.8) is 0 Å². The number of methoxy groups -OCH3 is 3. The highest BCUT2D eigenvalue weighted by Gasteiger charge is 2.51. The van der Waals surface area contributed by atoms with Crippen molar-refractivity contribution in [1.82, 2.24) is 10.6 Å². The number of hydrogen-bond donors (Lipinski definition) is 4. The van der Waals surface area contributed by atoms with Crippen LogP contribution in [0.25, 0.3) is 10.8 Å². The summed E-state index contributed by atoms with van der Waals surface area (Å²) in [6, 6.07) is 16.2. The maximum atomic E-state index is 13.0. The lowest BCUT2D eigenvalue weighted by molar-refractivity contribution is -0.145. The number of carboxylic acids is 1. The van der Waals surface area contributed by atoms with Crippen LogP contribution < -0.4 is 30.2 Å². The van der Waals surface area contributed by atoms with E-state index in [0.29, 0.717) is 35.9 Å². The van der Waals surface area contributed by atoms with E-state index in [1.54, 1.807) is 12.1 Å². The summed E-state index contributed by atoms with van der Waals surface area (Å²) in [5.74, 6) is -0.536. The fourth-order valence-corrected chi connectivity index (χ4v) is 4.50. The van der Waals surface area contributed by atoms with Gasteiger partial charge in [-0.1, -0.05) is 42.5 Å². The number of aliphatic carboxylic acids is 1. The third kappa shape index (κ3) is 4.17. The minimum atomic E-state index is -1.67. The molecule has 0 aliphatic carbocycles. The normalized spacial score (nSPS) is 19.4. The average Bonchev–Trinajstić information content (AvgIpc) is 3.27. The van der Waals surface area contributed by atoms with E-state index in [2.05, 4.69) is 16.0 Å². The van der Waals surface area contributed by atoms with Crippen molar-refractivity contribution in [1.29, 1.82) is 0 Å². The van der Waals surface area contributed by atoms with Gasteiger partial charge in [0.2, 0.25) is 5.75 Å². The molecule has 1 unspecified atom stereocenters. The Morgan fingerprint density at radius 2 is 1.65 bits per heavy atom. The van der Waals surface area contributed by atoms with Crippen molar-refractivity contribution in [2.45, 2.75) is 18.0 Å². The highest BCUT2D eigenvalue weighted by atomic mass is 16.5. The zero-order chi connectivity index (χ0) is 24.3. The Hall–Kier alpha value is -3.98. The summed E-state index contributed by atoms with van der Waals surface area (Å²) in [6.07, 6.45) is 0.551. The summed E-state index contributed by atoms with van der Waals surface area (Å²) in [5.41, 5.74) is -0.486. The number of carbonyl (C=O) groups is 2. The first kappa shape index (κ1) is 23.2. The first-order chi connectivity index (χ1) is 16.4. The number of hydrogen-bond acceptors (Lipinski definition) is 6. The SMILES string of the molecule is COc1cc(NC(=O)N[C@]2(C(=O)O)NCCC2c2ccc3ccccc3c2)cc(OC)c1OC. The molecule has 1 saturated heterocycles. The molecule has 0 radical (unpaired) electrons. The molecule has 0 spiro atoms. The Kier molecular flexibility index (Phi) is 6.47. The second-order valence-corrected chi connectivity index (χ2v) is 7.98. The van der Waals surface area contributed by atoms with Gasteiger partial charge in [0.25, 0.3) is 0 Å². The molecule has 9 nitrogen and oxygen atoms in total. The lowest BCUT2D eigenvalue weighted by Crippen LogP contribution is -2.64. The van der Waals surface area contributed by atoms with Crippen molar-refractivity contribution < 1.29 is 28.9 Å². The number of amides is 2. The summed E-state index contributed by atoms with van der Waals surface area (Å²) in [5, 5.41) is 20.6. The second-order valence-electron chi connectivity index (χ2n) is 7.98. The largest absolute Gasteiger partial charge is 0.493 e. The molecule has 4 rings (SSSR count). The average molecular weight is 466 g/mol. The number of carboxylic acid groups (broad SMARTS) is 1. The summed E-state index contributed by atoms with van der Waals surface area (Å²) in [6.45, 7) is 0.439. The van der Waals surface area contributed by atoms with E-state index in [9.17, 15) is 14.7 Å². The molecule has 178 valence electrons. The molecule has 4 N–H and O–H groups in total. The van der Waals surface area contributed by atoms with Gasteiger partial charge in [0, 0.05) is 18.1 Å². The van der Waals surface area contributed by atoms with Gasteiger partial charge in [-0.15, -0.1) is 0 Å². The fourth-order valence-electron chi connectivity index (χ4n) is 4.50. The third-order valence-corrected chi connectivity index (χ3v) is 6.11. The molecule has 1 fully saturated rings. The molecule has 0 aromatic heterocycles. The van der Waals surface area contributed by atoms with Gasteiger partial charge in [-0.05, 0) is 29.3 Å². The van der Waals surface area contributed by atoms with Gasteiger partial charge in [0.05, 0.1) is 27.0 Å². The molecule has 1 aliphatic heterocycles. The number of rotatable bonds is 7. The number of fused-ring (bicyclic) bond motifs is 1. The lowest BCUT2D eigenvalue weighted by atomic mass is 9.85. The van der Waals surface area contributed by atoms with Gasteiger partial charge in [0.15, 0.2) is 17.2 Å². The van der Waals surface area contributed by atoms with Gasteiger partial charge in [0.1, 0.15) is 0 Å². The summed E-state index contributed by atoms with van der Waals surface area (Å²) >= 11 is 0. The van der Waals surface area contributed by atoms with E-state index >= 15 is 0 Å². The van der Waals surface area contributed by atoms with Crippen LogP contribution in [0.5, 0.6) is 17.2 Å². The van der Waals surface area contributed by atoms with Crippen LogP contribution >= 0.6 is 0 Å². The summed E-state index contributed by atoms with van der Waals surface area (Å²) < 4.78 is 15.9. The van der Waals surface area contributed by atoms with Crippen LogP contribution in [0.2, 0.25) is 0 Å². The van der Waals surface area contributed by atoms with E-state index in [-0.39, 0.29) is 0 Å². The Morgan fingerprint density at radius 1 is 0.971 bits per heavy atom. The Bertz CT molecular complexity index is 1210. The molecule has 2 atom stereocenters. The number of ether oxygens (including phenoxy) is 3. The monoisotopic (exact) mass is 465 g/mol. The molecule has 0 saturated carbocycles. The van der Waals surface area contributed by atoms with Gasteiger partial charge in [-0.2, -0.15) is 0 Å². The maximum absolute atomic E-state index is 13.0. The van der Waals surface area contributed by atoms with Crippen molar-refractivity contribution >= 4 is 28.5 Å². The molecule has 1 heterocycles. The van der Waals surface area contributed by atoms with Crippen LogP contribution in [-0.2, 0) is 4.79 Å². The van der Waals surface area contributed by atoms with Crippen LogP contribution in [0.15, 0.2) is 54.6 Å². The van der Waals surface area contributed by atoms with E-state index in [1.807, 2.05) is 42.5 Å². The Morgan fingerprint density at radius 3 is 2.26 bits per heavy atom. The van der Waals surface area contributed by atoms with E-state index in [4.69, 9.17) is 14.2 Å². The fraction of sp³-hybridized carbons (Fsp3) is 0.280. The van der Waals surface area contributed by atoms with Crippen molar-refractivity contribution in [3.05, 3.63) is 60.2 Å². The zero-order valence-electron chi connectivity index (χ0n) is 19.2. The molecule has 3 aromatic carbocycles. The minimum absolute atomic E-state index is 0.354. The standard InChI is InChI=1S/C25H27N3O6/c1-32-20-13-18(14-21(33-2)22(20)34-3)27-24(31)28-25(23(29)30)19(10-11-26-25)17-9-8-15-6-4-5-7-16(15)12-17/h4-9,12-14,19,26H,10-11H2,1-3H3,(H,29,30)(H2,27,28,31)/t19?,25-/m1/s1. The zero-order valence-corrected chi connectivity index (χ0v) is 19.2. The maximum Gasteiger partial charge on any atom is 0.345 e. The van der Waals surface area contributed by atoms with Gasteiger partial charge in [-0.25, -0.2) is 9.59 Å². The number of anilines is 1. The molecule has 9 heteroatoms. The Balaban J connectivity index is 1.62. The smallest absolute Gasteiger partial charge is 0.345 e. The molecular formula is C25H27N3O6. The van der Waals surface area contributed by atoms with E-state index in [1.165, 1.54) is 21.3 Å². The molecule has 1 aliphatic rings. The van der Waals surface area contributed by atoms with Gasteiger partial charge < -0.3 is 30.0 Å². The van der Waals surface area contributed by atoms with Crippen LogP contribution in [0.3, 0.4) is 0 Å². The molecule has 3 aromatic rings. The number of benzene rings is 3. The van der Waals surface area contributed by atoms with Crippen LogP contribution in [0.4, 0.5) is 10.5 Å². The van der Waals surface area contributed by atoms with Crippen molar-refractivity contribution in [2.75, 3.05) is 33.2 Å². The third-order valence-electron chi connectivity index (χ3n) is 6.11. The summed E-state index contributed by atoms with van der Waals surface area (Å²) in [7, 11) is 4.42. The first-order valence-corrected chi connectivity index (χ1v) is 10.8. The first-order valence-electron chi connectivity index (χ1n) is 10.8. The number of urea groups is 1. The van der Waals surface area contributed by atoms with Gasteiger partial charge >= 0.3 is 12.0 Å². The Labute approximate surface area is 197 Å². The van der Waals surface area contributed by atoms with Crippen molar-refractivity contribution in [3.8, 4) is 17.2 Å². The quantitative estimate of drug-likeness (QED) is 0.421. The lowest BCUT2D eigenvalue weighted by Gasteiger charge is -2.32. The number of carbonyl (C=O) groups excluding carboxylic acids is 1. The van der Waals surface area contributed by atoms with Crippen LogP contribution in [0, 0.1) is 0 Å². The molecule has 2 amide bonds. The van der Waals surface area contributed by atoms with Crippen LogP contribution in [0.1, 0.15) is 17.9 Å². The predicted molar refractivity (Wildman–Crippen MR) is 128 cm³/mol. The second kappa shape index (κ2) is 9.48. The molecular weight excluding hydrogens is 438 g/mol. The van der Waals surface area contributed by atoms with Crippen LogP contribution in [-0.4, -0.2) is 50.6 Å². The van der Waals surface area contributed by atoms with E-state index < -0.39 is 23.6 Å². The predicted octanol–water partition coefficient (Wildman–Crippen LogP) is 3.55. The molecule has 0 bridgehead atoms. The van der Waals surface area contributed by atoms with Gasteiger partial charge in [-0.3, -0.25) is 5.32 Å². The highest BCUT2D eigenvalue weighted by Crippen LogP contribution is 2.40. The molecule has 34 heavy (non-hydrogen) atoms. The highest BCUT2D eigenvalue weighted by molar-refractivity contribution is 5.95. The van der Waals surface area contributed by atoms with Crippen molar-refractivity contribution in [2.24, 2.45) is 0 Å². The number of nitrogens with one attached hydrogen (secondary N) is 3. The summed E-state index contributed by atoms with van der Waals surface area (Å²) in [4.78, 5) is 25.5. The van der Waals surface area contributed by atoms with E-state index in [0.717, 1.165) is 16.3 Å². The topological polar surface area (TPSA) is 118 Å².